The summed E-state index contributed by atoms with van der Waals surface area (Å²) in [5, 5.41) is 6.57. The number of aromatic nitrogens is 1. The average Bonchev–Trinajstić information content (AvgIpc) is 3.02. The van der Waals surface area contributed by atoms with E-state index in [-0.39, 0.29) is 18.3 Å². The number of hydrogen-bond donors (Lipinski definition) is 2. The first-order chi connectivity index (χ1) is 17.0. The van der Waals surface area contributed by atoms with Crippen LogP contribution in [0.15, 0.2) is 24.4 Å². The molecular weight excluding hydrogens is 459 g/mol. The Hall–Kier alpha value is -2.56. The minimum Gasteiger partial charge on any atom is -0.486 e. The molecule has 0 unspecified atom stereocenters. The Morgan fingerprint density at radius 1 is 1.06 bits per heavy atom. The maximum absolute atomic E-state index is 14.2. The number of piperidine rings is 1. The number of alkyl halides is 3. The lowest BCUT2D eigenvalue weighted by molar-refractivity contribution is -0.139. The minimum atomic E-state index is -4.52. The van der Waals surface area contributed by atoms with Gasteiger partial charge in [-0.25, -0.2) is 4.98 Å². The molecule has 10 heteroatoms. The Kier molecular flexibility index (Phi) is 5.98. The van der Waals surface area contributed by atoms with Gasteiger partial charge in [-0.15, -0.1) is 0 Å². The number of halogens is 3. The molecule has 1 aromatic heterocycles. The van der Waals surface area contributed by atoms with E-state index in [4.69, 9.17) is 9.47 Å². The van der Waals surface area contributed by atoms with Crippen molar-refractivity contribution in [2.75, 3.05) is 62.7 Å². The second-order valence-corrected chi connectivity index (χ2v) is 9.75. The summed E-state index contributed by atoms with van der Waals surface area (Å²) in [4.78, 5) is 9.04. The molecule has 2 aromatic rings. The molecule has 0 spiro atoms. The number of benzene rings is 1. The summed E-state index contributed by atoms with van der Waals surface area (Å²) in [6.45, 7) is 6.27. The number of pyridine rings is 1. The van der Waals surface area contributed by atoms with Crippen LogP contribution in [0.2, 0.25) is 0 Å². The van der Waals surface area contributed by atoms with Crippen molar-refractivity contribution in [1.82, 2.24) is 15.2 Å². The van der Waals surface area contributed by atoms with Gasteiger partial charge in [-0.3, -0.25) is 4.90 Å². The number of fused-ring (bicyclic) bond motifs is 2. The molecule has 0 saturated carbocycles. The molecule has 2 N–H and O–H groups in total. The molecule has 3 saturated heterocycles. The van der Waals surface area contributed by atoms with Gasteiger partial charge < -0.3 is 25.0 Å². The predicted octanol–water partition coefficient (Wildman–Crippen LogP) is 3.72. The van der Waals surface area contributed by atoms with Crippen molar-refractivity contribution in [2.24, 2.45) is 0 Å². The highest BCUT2D eigenvalue weighted by atomic mass is 19.4. The Labute approximate surface area is 202 Å². The number of anilines is 3. The fourth-order valence-electron chi connectivity index (χ4n) is 5.64. The second kappa shape index (κ2) is 9.15. The van der Waals surface area contributed by atoms with Gasteiger partial charge in [0.05, 0.1) is 30.0 Å². The van der Waals surface area contributed by atoms with Crippen LogP contribution < -0.4 is 20.3 Å². The molecule has 0 aliphatic carbocycles. The van der Waals surface area contributed by atoms with Crippen LogP contribution in [0, 0.1) is 0 Å². The summed E-state index contributed by atoms with van der Waals surface area (Å²) in [6.07, 6.45) is -0.641. The van der Waals surface area contributed by atoms with Crippen molar-refractivity contribution >= 4 is 17.2 Å². The number of nitrogens with one attached hydrogen (secondary N) is 2. The first-order valence-electron chi connectivity index (χ1n) is 12.4. The maximum Gasteiger partial charge on any atom is 0.420 e. The zero-order valence-corrected chi connectivity index (χ0v) is 19.5. The van der Waals surface area contributed by atoms with Gasteiger partial charge in [0.25, 0.3) is 0 Å². The molecule has 7 nitrogen and oxygen atoms in total. The van der Waals surface area contributed by atoms with Gasteiger partial charge >= 0.3 is 6.18 Å². The second-order valence-electron chi connectivity index (χ2n) is 9.75. The molecule has 0 amide bonds. The highest BCUT2D eigenvalue weighted by molar-refractivity contribution is 5.75. The van der Waals surface area contributed by atoms with Gasteiger partial charge in [-0.2, -0.15) is 13.2 Å². The Balaban J connectivity index is 1.30. The summed E-state index contributed by atoms with van der Waals surface area (Å²) < 4.78 is 53.9. The van der Waals surface area contributed by atoms with Crippen LogP contribution in [0.3, 0.4) is 0 Å². The van der Waals surface area contributed by atoms with Gasteiger partial charge in [-0.1, -0.05) is 0 Å². The fraction of sp³-hybridized carbons (Fsp3) is 0.560. The first kappa shape index (κ1) is 22.9. The maximum atomic E-state index is 14.2. The van der Waals surface area contributed by atoms with Gasteiger partial charge in [0.2, 0.25) is 0 Å². The number of rotatable bonds is 3. The third-order valence-electron chi connectivity index (χ3n) is 7.62. The van der Waals surface area contributed by atoms with E-state index in [1.54, 1.807) is 6.20 Å². The largest absolute Gasteiger partial charge is 0.486 e. The normalized spacial score (nSPS) is 21.9. The number of nitrogens with zero attached hydrogens (tertiary/aromatic N) is 3. The quantitative estimate of drug-likeness (QED) is 0.682. The van der Waals surface area contributed by atoms with E-state index in [0.29, 0.717) is 36.3 Å². The van der Waals surface area contributed by atoms with E-state index in [9.17, 15) is 13.2 Å². The molecule has 6 rings (SSSR count). The molecule has 4 aliphatic heterocycles. The van der Waals surface area contributed by atoms with Crippen LogP contribution >= 0.6 is 0 Å². The van der Waals surface area contributed by atoms with Crippen LogP contribution in [-0.2, 0) is 17.5 Å². The topological polar surface area (TPSA) is 61.9 Å². The van der Waals surface area contributed by atoms with E-state index in [1.165, 1.54) is 6.07 Å². The van der Waals surface area contributed by atoms with E-state index in [0.717, 1.165) is 63.4 Å². The highest BCUT2D eigenvalue weighted by Crippen LogP contribution is 2.47. The Bertz CT molecular complexity index is 1080. The molecule has 35 heavy (non-hydrogen) atoms. The molecular formula is C25H30F3N5O2. The lowest BCUT2D eigenvalue weighted by Crippen LogP contribution is -2.53. The molecule has 0 bridgehead atoms. The van der Waals surface area contributed by atoms with Gasteiger partial charge in [-0.05, 0) is 49.7 Å². The standard InChI is InChI=1S/C25H30F3N5O2/c26-25(27,28)20-11-16(17-13-33(14-17)18-1-4-29-5-2-18)12-21-23(20)35-15-19-22(3-6-30-24(19)31-21)32-7-9-34-10-8-32/h3,6,11-12,17-18,29H,1-2,4-5,7-10,13-15H2,(H,30,31). The summed E-state index contributed by atoms with van der Waals surface area (Å²) in [6, 6.07) is 5.53. The molecule has 5 heterocycles. The van der Waals surface area contributed by atoms with Crippen molar-refractivity contribution in [3.63, 3.8) is 0 Å². The van der Waals surface area contributed by atoms with Crippen molar-refractivity contribution < 1.29 is 22.6 Å². The van der Waals surface area contributed by atoms with Crippen LogP contribution in [0.1, 0.15) is 35.4 Å². The Morgan fingerprint density at radius 3 is 2.57 bits per heavy atom. The summed E-state index contributed by atoms with van der Waals surface area (Å²) in [5.41, 5.74) is 1.99. The Morgan fingerprint density at radius 2 is 1.83 bits per heavy atom. The number of likely N-dealkylation sites (tertiary alicyclic amines) is 1. The minimum absolute atomic E-state index is 0.0191. The molecule has 188 valence electrons. The fourth-order valence-corrected chi connectivity index (χ4v) is 5.64. The van der Waals surface area contributed by atoms with Gasteiger partial charge in [0.15, 0.2) is 5.75 Å². The zero-order valence-electron chi connectivity index (χ0n) is 19.5. The van der Waals surface area contributed by atoms with Gasteiger partial charge in [0, 0.05) is 50.0 Å². The lowest BCUT2D eigenvalue weighted by Gasteiger charge is -2.46. The van der Waals surface area contributed by atoms with Gasteiger partial charge in [0.1, 0.15) is 12.4 Å². The third kappa shape index (κ3) is 4.43. The molecule has 0 radical (unpaired) electrons. The highest BCUT2D eigenvalue weighted by Gasteiger charge is 2.40. The van der Waals surface area contributed by atoms with Crippen molar-refractivity contribution in [3.8, 4) is 5.75 Å². The van der Waals surface area contributed by atoms with Crippen molar-refractivity contribution in [1.29, 1.82) is 0 Å². The van der Waals surface area contributed by atoms with E-state index < -0.39 is 11.7 Å². The van der Waals surface area contributed by atoms with Crippen molar-refractivity contribution in [3.05, 3.63) is 41.1 Å². The summed E-state index contributed by atoms with van der Waals surface area (Å²) >= 11 is 0. The third-order valence-corrected chi connectivity index (χ3v) is 7.62. The van der Waals surface area contributed by atoms with Crippen LogP contribution in [0.5, 0.6) is 5.75 Å². The zero-order chi connectivity index (χ0) is 24.0. The van der Waals surface area contributed by atoms with E-state index >= 15 is 0 Å². The molecule has 0 atom stereocenters. The van der Waals surface area contributed by atoms with Crippen LogP contribution in [-0.4, -0.2) is 68.4 Å². The lowest BCUT2D eigenvalue weighted by atomic mass is 9.86. The predicted molar refractivity (Wildman–Crippen MR) is 127 cm³/mol. The van der Waals surface area contributed by atoms with E-state index in [1.807, 2.05) is 12.1 Å². The molecule has 4 aliphatic rings. The first-order valence-corrected chi connectivity index (χ1v) is 12.4. The smallest absolute Gasteiger partial charge is 0.420 e. The average molecular weight is 490 g/mol. The number of ether oxygens (including phenoxy) is 2. The summed E-state index contributed by atoms with van der Waals surface area (Å²) in [7, 11) is 0. The van der Waals surface area contributed by atoms with Crippen LogP contribution in [0.25, 0.3) is 0 Å². The SMILES string of the molecule is FC(F)(F)c1cc(C2CN(C3CCNCC3)C2)cc2c1OCc1c(N3CCOCC3)ccnc1N2. The molecule has 3 fully saturated rings. The number of morpholine rings is 1. The van der Waals surface area contributed by atoms with Crippen LogP contribution in [0.4, 0.5) is 30.4 Å². The van der Waals surface area contributed by atoms with Crippen molar-refractivity contribution in [2.45, 2.75) is 37.6 Å². The van der Waals surface area contributed by atoms with E-state index in [2.05, 4.69) is 25.4 Å². The monoisotopic (exact) mass is 489 g/mol. The molecule has 1 aromatic carbocycles. The summed E-state index contributed by atoms with van der Waals surface area (Å²) in [5.74, 6) is 0.470. The number of hydrogen-bond acceptors (Lipinski definition) is 7.